The second-order valence-electron chi connectivity index (χ2n) is 3.93. The highest BCUT2D eigenvalue weighted by Gasteiger charge is 2.14. The molecule has 0 amide bonds. The molecule has 0 aliphatic carbocycles. The molecule has 3 aromatic rings. The van der Waals surface area contributed by atoms with E-state index in [2.05, 4.69) is 36.1 Å². The van der Waals surface area contributed by atoms with Crippen LogP contribution in [-0.4, -0.2) is 25.1 Å². The Morgan fingerprint density at radius 2 is 2.14 bits per heavy atom. The number of halogens is 2. The maximum atomic E-state index is 10.9. The summed E-state index contributed by atoms with van der Waals surface area (Å²) >= 11 is 8.98. The van der Waals surface area contributed by atoms with Crippen molar-refractivity contribution in [1.29, 1.82) is 0 Å². The van der Waals surface area contributed by atoms with Gasteiger partial charge in [-0.15, -0.1) is 0 Å². The minimum atomic E-state index is -0.516. The standard InChI is InChI=1S/C11H5BrClN5O3/c12-5-1-6(18(19)20)3-7(2-5)21-10-8-4-14-17-9(8)15-11(13)16-10/h1-4H,(H,14,15,16,17). The molecule has 0 spiro atoms. The first-order chi connectivity index (χ1) is 10.0. The van der Waals surface area contributed by atoms with Gasteiger partial charge in [-0.2, -0.15) is 15.1 Å². The topological polar surface area (TPSA) is 107 Å². The number of nitrogens with one attached hydrogen (secondary N) is 1. The number of H-pyrrole nitrogens is 1. The fourth-order valence-corrected chi connectivity index (χ4v) is 2.31. The maximum absolute atomic E-state index is 10.9. The van der Waals surface area contributed by atoms with Crippen LogP contribution in [0.15, 0.2) is 28.9 Å². The number of aromatic amines is 1. The first-order valence-corrected chi connectivity index (χ1v) is 6.69. The molecule has 0 bridgehead atoms. The first-order valence-electron chi connectivity index (χ1n) is 5.52. The number of aromatic nitrogens is 4. The third-order valence-corrected chi connectivity index (χ3v) is 3.16. The number of nitro groups is 1. The maximum Gasteiger partial charge on any atom is 0.274 e. The van der Waals surface area contributed by atoms with E-state index in [1.54, 1.807) is 6.07 Å². The fourth-order valence-electron chi connectivity index (χ4n) is 1.68. The molecule has 2 aromatic heterocycles. The van der Waals surface area contributed by atoms with E-state index in [0.717, 1.165) is 0 Å². The highest BCUT2D eigenvalue weighted by atomic mass is 79.9. The zero-order valence-electron chi connectivity index (χ0n) is 10.1. The van der Waals surface area contributed by atoms with Crippen LogP contribution in [0.4, 0.5) is 5.69 Å². The van der Waals surface area contributed by atoms with Crippen LogP contribution in [0, 0.1) is 10.1 Å². The zero-order valence-corrected chi connectivity index (χ0v) is 12.4. The summed E-state index contributed by atoms with van der Waals surface area (Å²) in [6, 6.07) is 4.23. The zero-order chi connectivity index (χ0) is 15.0. The largest absolute Gasteiger partial charge is 0.438 e. The number of hydrogen-bond acceptors (Lipinski definition) is 6. The lowest BCUT2D eigenvalue weighted by atomic mass is 10.3. The molecule has 10 heteroatoms. The van der Waals surface area contributed by atoms with Crippen LogP contribution >= 0.6 is 27.5 Å². The van der Waals surface area contributed by atoms with Crippen molar-refractivity contribution in [3.8, 4) is 11.6 Å². The van der Waals surface area contributed by atoms with Crippen LogP contribution in [-0.2, 0) is 0 Å². The van der Waals surface area contributed by atoms with Crippen molar-refractivity contribution < 1.29 is 9.66 Å². The second-order valence-corrected chi connectivity index (χ2v) is 5.19. The number of fused-ring (bicyclic) bond motifs is 1. The number of ether oxygens (including phenoxy) is 1. The lowest BCUT2D eigenvalue weighted by Gasteiger charge is -2.06. The van der Waals surface area contributed by atoms with Crippen LogP contribution < -0.4 is 4.74 Å². The molecule has 0 radical (unpaired) electrons. The van der Waals surface area contributed by atoms with Crippen LogP contribution in [0.2, 0.25) is 5.28 Å². The summed E-state index contributed by atoms with van der Waals surface area (Å²) in [6.07, 6.45) is 1.48. The summed E-state index contributed by atoms with van der Waals surface area (Å²) in [5.74, 6) is 0.402. The molecule has 0 fully saturated rings. The van der Waals surface area contributed by atoms with Gasteiger partial charge in [0.2, 0.25) is 11.2 Å². The van der Waals surface area contributed by atoms with E-state index in [4.69, 9.17) is 16.3 Å². The van der Waals surface area contributed by atoms with Gasteiger partial charge in [0.25, 0.3) is 5.69 Å². The lowest BCUT2D eigenvalue weighted by Crippen LogP contribution is -1.94. The van der Waals surface area contributed by atoms with E-state index < -0.39 is 4.92 Å². The summed E-state index contributed by atoms with van der Waals surface area (Å²) in [6.45, 7) is 0. The molecule has 106 valence electrons. The molecule has 21 heavy (non-hydrogen) atoms. The van der Waals surface area contributed by atoms with Crippen molar-refractivity contribution in [2.45, 2.75) is 0 Å². The van der Waals surface area contributed by atoms with Gasteiger partial charge in [0.05, 0.1) is 17.2 Å². The van der Waals surface area contributed by atoms with E-state index in [1.165, 1.54) is 18.3 Å². The smallest absolute Gasteiger partial charge is 0.274 e. The van der Waals surface area contributed by atoms with Crippen LogP contribution in [0.25, 0.3) is 11.0 Å². The summed E-state index contributed by atoms with van der Waals surface area (Å²) in [4.78, 5) is 18.2. The lowest BCUT2D eigenvalue weighted by molar-refractivity contribution is -0.385. The molecule has 0 unspecified atom stereocenters. The molecule has 0 aliphatic heterocycles. The number of nitro benzene ring substituents is 1. The molecule has 0 aliphatic rings. The summed E-state index contributed by atoms with van der Waals surface area (Å²) in [5.41, 5.74) is 0.303. The normalized spacial score (nSPS) is 10.8. The minimum absolute atomic E-state index is 0.0220. The quantitative estimate of drug-likeness (QED) is 0.430. The SMILES string of the molecule is O=[N+]([O-])c1cc(Br)cc(Oc2nc(Cl)nc3[nH]ncc23)c1. The van der Waals surface area contributed by atoms with Crippen molar-refractivity contribution in [3.63, 3.8) is 0 Å². The van der Waals surface area contributed by atoms with Crippen molar-refractivity contribution in [2.75, 3.05) is 0 Å². The number of non-ortho nitro benzene ring substituents is 1. The molecule has 2 heterocycles. The third-order valence-electron chi connectivity index (χ3n) is 2.53. The number of rotatable bonds is 3. The Kier molecular flexibility index (Phi) is 3.43. The van der Waals surface area contributed by atoms with Gasteiger partial charge in [0.1, 0.15) is 11.1 Å². The highest BCUT2D eigenvalue weighted by molar-refractivity contribution is 9.10. The second kappa shape index (κ2) is 5.26. The van der Waals surface area contributed by atoms with Crippen LogP contribution in [0.5, 0.6) is 11.6 Å². The molecule has 0 atom stereocenters. The molecule has 8 nitrogen and oxygen atoms in total. The van der Waals surface area contributed by atoms with Gasteiger partial charge < -0.3 is 4.74 Å². The highest BCUT2D eigenvalue weighted by Crippen LogP contribution is 2.32. The van der Waals surface area contributed by atoms with E-state index >= 15 is 0 Å². The predicted molar refractivity (Wildman–Crippen MR) is 77.6 cm³/mol. The molecule has 0 saturated heterocycles. The van der Waals surface area contributed by atoms with Crippen molar-refractivity contribution in [3.05, 3.63) is 44.3 Å². The van der Waals surface area contributed by atoms with E-state index in [1.807, 2.05) is 0 Å². The van der Waals surface area contributed by atoms with Crippen molar-refractivity contribution >= 4 is 44.3 Å². The van der Waals surface area contributed by atoms with E-state index in [-0.39, 0.29) is 22.6 Å². The molecule has 1 N–H and O–H groups in total. The van der Waals surface area contributed by atoms with Gasteiger partial charge in [0.15, 0.2) is 5.65 Å². The van der Waals surface area contributed by atoms with Crippen LogP contribution in [0.1, 0.15) is 0 Å². The van der Waals surface area contributed by atoms with E-state index in [9.17, 15) is 10.1 Å². The number of nitrogens with zero attached hydrogens (tertiary/aromatic N) is 4. The monoisotopic (exact) mass is 369 g/mol. The first kappa shape index (κ1) is 13.7. The minimum Gasteiger partial charge on any atom is -0.438 e. The molecule has 3 rings (SSSR count). The Labute approximate surface area is 130 Å². The fraction of sp³-hybridized carbons (Fsp3) is 0. The van der Waals surface area contributed by atoms with Crippen molar-refractivity contribution in [2.24, 2.45) is 0 Å². The third kappa shape index (κ3) is 2.78. The summed E-state index contributed by atoms with van der Waals surface area (Å²) in [7, 11) is 0. The van der Waals surface area contributed by atoms with Gasteiger partial charge >= 0.3 is 0 Å². The van der Waals surface area contributed by atoms with Gasteiger partial charge in [-0.3, -0.25) is 15.2 Å². The average Bonchev–Trinajstić information content (AvgIpc) is 2.86. The Bertz CT molecular complexity index is 853. The molecule has 1 aromatic carbocycles. The van der Waals surface area contributed by atoms with Crippen molar-refractivity contribution in [1.82, 2.24) is 20.2 Å². The number of benzene rings is 1. The number of hydrogen-bond donors (Lipinski definition) is 1. The van der Waals surface area contributed by atoms with Crippen LogP contribution in [0.3, 0.4) is 0 Å². The summed E-state index contributed by atoms with van der Waals surface area (Å²) < 4.78 is 6.08. The van der Waals surface area contributed by atoms with E-state index in [0.29, 0.717) is 15.5 Å². The van der Waals surface area contributed by atoms with Gasteiger partial charge in [-0.05, 0) is 17.7 Å². The Morgan fingerprint density at radius 1 is 1.33 bits per heavy atom. The average molecular weight is 371 g/mol. The van der Waals surface area contributed by atoms with Gasteiger partial charge in [-0.1, -0.05) is 15.9 Å². The molecular weight excluding hydrogens is 366 g/mol. The summed E-state index contributed by atoms with van der Waals surface area (Å²) in [5, 5.41) is 17.8. The Hall–Kier alpha value is -2.26. The Balaban J connectivity index is 2.06. The van der Waals surface area contributed by atoms with Gasteiger partial charge in [0, 0.05) is 10.5 Å². The predicted octanol–water partition coefficient (Wildman–Crippen LogP) is 3.47. The Morgan fingerprint density at radius 3 is 2.90 bits per heavy atom. The molecular formula is C11H5BrClN5O3. The van der Waals surface area contributed by atoms with Gasteiger partial charge in [-0.25, -0.2) is 0 Å². The molecule has 0 saturated carbocycles.